The van der Waals surface area contributed by atoms with Gasteiger partial charge in [-0.1, -0.05) is 20.8 Å². The predicted molar refractivity (Wildman–Crippen MR) is 85.6 cm³/mol. The second-order valence-electron chi connectivity index (χ2n) is 5.71. The molecule has 1 aromatic rings. The molecule has 7 heteroatoms. The highest BCUT2D eigenvalue weighted by atomic mass is 79.9. The Balaban J connectivity index is 2.24. The Morgan fingerprint density at radius 3 is 2.86 bits per heavy atom. The highest BCUT2D eigenvalue weighted by Gasteiger charge is 2.36. The number of sulfonamides is 1. The molecule has 1 aliphatic rings. The van der Waals surface area contributed by atoms with Crippen molar-refractivity contribution < 1.29 is 12.8 Å². The lowest BCUT2D eigenvalue weighted by atomic mass is 10.2. The largest absolute Gasteiger partial charge is 0.452 e. The fourth-order valence-corrected chi connectivity index (χ4v) is 5.36. The third kappa shape index (κ3) is 3.70. The molecule has 0 aromatic carbocycles. The molecule has 1 saturated heterocycles. The van der Waals surface area contributed by atoms with Crippen molar-refractivity contribution >= 4 is 26.0 Å². The van der Waals surface area contributed by atoms with Crippen molar-refractivity contribution in [1.29, 1.82) is 0 Å². The van der Waals surface area contributed by atoms with Gasteiger partial charge < -0.3 is 9.73 Å². The standard InChI is InChI=1S/C14H23BrN2O3S/c1-4-11-6-5-7-17(11)21(18,19)13-8-12(20-14(13)15)9-16-10(2)3/h8,10-11,16H,4-7,9H2,1-3H3. The van der Waals surface area contributed by atoms with E-state index >= 15 is 0 Å². The summed E-state index contributed by atoms with van der Waals surface area (Å²) in [6.07, 6.45) is 2.71. The van der Waals surface area contributed by atoms with Crippen LogP contribution in [0.2, 0.25) is 0 Å². The fraction of sp³-hybridized carbons (Fsp3) is 0.714. The molecule has 120 valence electrons. The van der Waals surface area contributed by atoms with Crippen LogP contribution in [0.5, 0.6) is 0 Å². The normalized spacial score (nSPS) is 20.5. The summed E-state index contributed by atoms with van der Waals surface area (Å²) in [6.45, 7) is 7.21. The molecule has 5 nitrogen and oxygen atoms in total. The van der Waals surface area contributed by atoms with Gasteiger partial charge in [-0.25, -0.2) is 8.42 Å². The van der Waals surface area contributed by atoms with Crippen LogP contribution in [-0.2, 0) is 16.6 Å². The van der Waals surface area contributed by atoms with Crippen LogP contribution >= 0.6 is 15.9 Å². The number of hydrogen-bond donors (Lipinski definition) is 1. The molecule has 0 radical (unpaired) electrons. The topological polar surface area (TPSA) is 62.6 Å². The van der Waals surface area contributed by atoms with E-state index in [0.717, 1.165) is 19.3 Å². The SMILES string of the molecule is CCC1CCCN1S(=O)(=O)c1cc(CNC(C)C)oc1Br. The quantitative estimate of drug-likeness (QED) is 0.825. The zero-order valence-electron chi connectivity index (χ0n) is 12.7. The highest BCUT2D eigenvalue weighted by molar-refractivity contribution is 9.10. The van der Waals surface area contributed by atoms with Crippen molar-refractivity contribution in [3.8, 4) is 0 Å². The Morgan fingerprint density at radius 2 is 2.24 bits per heavy atom. The molecule has 1 aliphatic heterocycles. The monoisotopic (exact) mass is 378 g/mol. The van der Waals surface area contributed by atoms with Gasteiger partial charge in [0.1, 0.15) is 10.7 Å². The second-order valence-corrected chi connectivity index (χ2v) is 8.29. The highest BCUT2D eigenvalue weighted by Crippen LogP contribution is 2.33. The molecule has 0 aliphatic carbocycles. The number of nitrogens with zero attached hydrogens (tertiary/aromatic N) is 1. The molecular weight excluding hydrogens is 356 g/mol. The average molecular weight is 379 g/mol. The van der Waals surface area contributed by atoms with Crippen LogP contribution in [0.25, 0.3) is 0 Å². The second kappa shape index (κ2) is 6.81. The van der Waals surface area contributed by atoms with Crippen LogP contribution in [0.3, 0.4) is 0 Å². The van der Waals surface area contributed by atoms with Gasteiger partial charge in [0.2, 0.25) is 10.0 Å². The van der Waals surface area contributed by atoms with Crippen LogP contribution in [-0.4, -0.2) is 31.4 Å². The van der Waals surface area contributed by atoms with Crippen molar-refractivity contribution in [3.05, 3.63) is 16.5 Å². The van der Waals surface area contributed by atoms with Gasteiger partial charge in [-0.3, -0.25) is 0 Å². The molecule has 0 spiro atoms. The molecule has 2 rings (SSSR count). The summed E-state index contributed by atoms with van der Waals surface area (Å²) in [4.78, 5) is 0.239. The third-order valence-corrected chi connectivity index (χ3v) is 6.58. The van der Waals surface area contributed by atoms with E-state index in [1.54, 1.807) is 10.4 Å². The van der Waals surface area contributed by atoms with Gasteiger partial charge in [0.05, 0.1) is 6.54 Å². The first kappa shape index (κ1) is 17.0. The molecule has 1 unspecified atom stereocenters. The Bertz CT molecular complexity index is 583. The first-order valence-corrected chi connectivity index (χ1v) is 9.63. The molecule has 0 bridgehead atoms. The maximum atomic E-state index is 12.8. The van der Waals surface area contributed by atoms with Gasteiger partial charge in [0.25, 0.3) is 0 Å². The Labute approximate surface area is 135 Å². The van der Waals surface area contributed by atoms with Crippen molar-refractivity contribution in [2.75, 3.05) is 6.54 Å². The molecule has 1 aromatic heterocycles. The molecule has 0 amide bonds. The lowest BCUT2D eigenvalue weighted by Gasteiger charge is -2.22. The molecular formula is C14H23BrN2O3S. The Hall–Kier alpha value is -0.370. The van der Waals surface area contributed by atoms with Crippen LogP contribution < -0.4 is 5.32 Å². The first-order chi connectivity index (χ1) is 9.86. The zero-order valence-corrected chi connectivity index (χ0v) is 15.1. The van der Waals surface area contributed by atoms with Crippen molar-refractivity contribution in [3.63, 3.8) is 0 Å². The van der Waals surface area contributed by atoms with E-state index in [0.29, 0.717) is 29.6 Å². The maximum absolute atomic E-state index is 12.8. The minimum Gasteiger partial charge on any atom is -0.452 e. The van der Waals surface area contributed by atoms with Gasteiger partial charge in [-0.2, -0.15) is 4.31 Å². The molecule has 1 atom stereocenters. The van der Waals surface area contributed by atoms with E-state index in [-0.39, 0.29) is 10.9 Å². The van der Waals surface area contributed by atoms with Crippen molar-refractivity contribution in [1.82, 2.24) is 9.62 Å². The van der Waals surface area contributed by atoms with Crippen molar-refractivity contribution in [2.45, 2.75) is 63.6 Å². The van der Waals surface area contributed by atoms with Gasteiger partial charge in [-0.05, 0) is 35.2 Å². The molecule has 0 saturated carbocycles. The summed E-state index contributed by atoms with van der Waals surface area (Å²) in [7, 11) is -3.48. The van der Waals surface area contributed by atoms with Gasteiger partial charge in [0.15, 0.2) is 4.67 Å². The van der Waals surface area contributed by atoms with Crippen LogP contribution in [0.15, 0.2) is 20.0 Å². The van der Waals surface area contributed by atoms with E-state index in [4.69, 9.17) is 4.42 Å². The number of halogens is 1. The minimum absolute atomic E-state index is 0.106. The zero-order chi connectivity index (χ0) is 15.6. The number of nitrogens with one attached hydrogen (secondary N) is 1. The van der Waals surface area contributed by atoms with Gasteiger partial charge >= 0.3 is 0 Å². The predicted octanol–water partition coefficient (Wildman–Crippen LogP) is 3.10. The Morgan fingerprint density at radius 1 is 1.52 bits per heavy atom. The molecule has 1 N–H and O–H groups in total. The molecule has 21 heavy (non-hydrogen) atoms. The lowest BCUT2D eigenvalue weighted by Crippen LogP contribution is -2.35. The van der Waals surface area contributed by atoms with E-state index in [1.165, 1.54) is 0 Å². The number of rotatable bonds is 6. The summed E-state index contributed by atoms with van der Waals surface area (Å²) in [5, 5.41) is 3.22. The molecule has 1 fully saturated rings. The summed E-state index contributed by atoms with van der Waals surface area (Å²) in [5.74, 6) is 0.626. The van der Waals surface area contributed by atoms with E-state index in [1.807, 2.05) is 20.8 Å². The number of hydrogen-bond acceptors (Lipinski definition) is 4. The van der Waals surface area contributed by atoms with Gasteiger partial charge in [0, 0.05) is 24.7 Å². The lowest BCUT2D eigenvalue weighted by molar-refractivity contribution is 0.378. The molecule has 2 heterocycles. The van der Waals surface area contributed by atoms with Crippen LogP contribution in [0.1, 0.15) is 45.8 Å². The Kier molecular flexibility index (Phi) is 5.51. The van der Waals surface area contributed by atoms with Crippen molar-refractivity contribution in [2.24, 2.45) is 0 Å². The van der Waals surface area contributed by atoms with E-state index < -0.39 is 10.0 Å². The number of furan rings is 1. The summed E-state index contributed by atoms with van der Waals surface area (Å²) >= 11 is 3.25. The fourth-order valence-electron chi connectivity index (χ4n) is 2.63. The van der Waals surface area contributed by atoms with E-state index in [9.17, 15) is 8.42 Å². The summed E-state index contributed by atoms with van der Waals surface area (Å²) < 4.78 is 33.0. The minimum atomic E-state index is -3.48. The van der Waals surface area contributed by atoms with Crippen LogP contribution in [0, 0.1) is 0 Å². The maximum Gasteiger partial charge on any atom is 0.247 e. The average Bonchev–Trinajstić information content (AvgIpc) is 3.02. The van der Waals surface area contributed by atoms with Crippen LogP contribution in [0.4, 0.5) is 0 Å². The summed E-state index contributed by atoms with van der Waals surface area (Å²) in [5.41, 5.74) is 0. The smallest absolute Gasteiger partial charge is 0.247 e. The first-order valence-electron chi connectivity index (χ1n) is 7.39. The van der Waals surface area contributed by atoms with Gasteiger partial charge in [-0.15, -0.1) is 0 Å². The van der Waals surface area contributed by atoms with E-state index in [2.05, 4.69) is 21.2 Å². The summed E-state index contributed by atoms with van der Waals surface area (Å²) in [6, 6.07) is 2.05. The third-order valence-electron chi connectivity index (χ3n) is 3.77.